The van der Waals surface area contributed by atoms with Crippen molar-refractivity contribution >= 4 is 22.8 Å². The molecule has 1 aliphatic rings. The van der Waals surface area contributed by atoms with E-state index >= 15 is 0 Å². The van der Waals surface area contributed by atoms with Gasteiger partial charge in [0.25, 0.3) is 0 Å². The number of nitrogens with zero attached hydrogens (tertiary/aromatic N) is 1. The summed E-state index contributed by atoms with van der Waals surface area (Å²) >= 11 is 0. The zero-order valence-electron chi connectivity index (χ0n) is 14.3. The normalized spacial score (nSPS) is 21.3. The highest BCUT2D eigenvalue weighted by Crippen LogP contribution is 2.15. The molecule has 0 radical (unpaired) electrons. The number of amides is 1. The predicted octanol–water partition coefficient (Wildman–Crippen LogP) is 2.60. The molecule has 0 aliphatic carbocycles. The molecular formula is C17H24N2O4S. The van der Waals surface area contributed by atoms with Gasteiger partial charge in [0, 0.05) is 6.42 Å². The second-order valence-electron chi connectivity index (χ2n) is 6.53. The summed E-state index contributed by atoms with van der Waals surface area (Å²) in [5.74, 6) is 0. The van der Waals surface area contributed by atoms with E-state index in [1.807, 2.05) is 51.1 Å². The minimum atomic E-state index is -1.36. The molecule has 6 nitrogen and oxygen atoms in total. The Balaban J connectivity index is 1.94. The van der Waals surface area contributed by atoms with E-state index in [-0.39, 0.29) is 6.61 Å². The molecule has 1 heterocycles. The summed E-state index contributed by atoms with van der Waals surface area (Å²) in [6.45, 7) is 6.61. The first-order chi connectivity index (χ1) is 11.4. The fraction of sp³-hybridized carbons (Fsp3) is 0.529. The zero-order valence-corrected chi connectivity index (χ0v) is 15.1. The summed E-state index contributed by atoms with van der Waals surface area (Å²) in [7, 11) is -1.36. The van der Waals surface area contributed by atoms with E-state index < -0.39 is 27.9 Å². The average Bonchev–Trinajstić information content (AvgIpc) is 2.55. The molecule has 0 bridgehead atoms. The molecule has 0 spiro atoms. The van der Waals surface area contributed by atoms with Gasteiger partial charge in [0.1, 0.15) is 17.6 Å². The highest BCUT2D eigenvalue weighted by molar-refractivity contribution is 7.85. The van der Waals surface area contributed by atoms with Crippen LogP contribution in [0.2, 0.25) is 0 Å². The molecule has 1 aromatic rings. The minimum Gasteiger partial charge on any atom is -0.445 e. The van der Waals surface area contributed by atoms with Crippen LogP contribution >= 0.6 is 0 Å². The van der Waals surface area contributed by atoms with Crippen LogP contribution < -0.4 is 5.32 Å². The Morgan fingerprint density at radius 2 is 2.08 bits per heavy atom. The predicted molar refractivity (Wildman–Crippen MR) is 94.3 cm³/mol. The van der Waals surface area contributed by atoms with Gasteiger partial charge in [-0.25, -0.2) is 9.00 Å². The molecule has 132 valence electrons. The van der Waals surface area contributed by atoms with Gasteiger partial charge >= 0.3 is 6.09 Å². The summed E-state index contributed by atoms with van der Waals surface area (Å²) in [5, 5.41) is 2.74. The summed E-state index contributed by atoms with van der Waals surface area (Å²) in [5.41, 5.74) is 1.60. The maximum Gasteiger partial charge on any atom is 0.408 e. The highest BCUT2D eigenvalue weighted by atomic mass is 32.2. The topological polar surface area (TPSA) is 77.0 Å². The maximum absolute atomic E-state index is 12.2. The molecule has 1 saturated heterocycles. The molecule has 0 unspecified atom stereocenters. The van der Waals surface area contributed by atoms with Crippen molar-refractivity contribution in [2.24, 2.45) is 4.40 Å². The molecule has 2 rings (SSSR count). The van der Waals surface area contributed by atoms with Gasteiger partial charge in [-0.3, -0.25) is 0 Å². The first-order valence-electron chi connectivity index (χ1n) is 7.90. The van der Waals surface area contributed by atoms with Crippen LogP contribution in [0.1, 0.15) is 32.8 Å². The SMILES string of the molecule is CC(C)(C)[S@@](=O)/N=C1\CCOC[C@@H]1NC(=O)OCc1ccccc1. The second kappa shape index (κ2) is 8.39. The van der Waals surface area contributed by atoms with E-state index in [4.69, 9.17) is 9.47 Å². The van der Waals surface area contributed by atoms with Crippen molar-refractivity contribution in [3.63, 3.8) is 0 Å². The van der Waals surface area contributed by atoms with Gasteiger partial charge in [0.05, 0.1) is 29.7 Å². The first kappa shape index (κ1) is 18.6. The Labute approximate surface area is 145 Å². The summed E-state index contributed by atoms with van der Waals surface area (Å²) in [6.07, 6.45) is 0.00874. The van der Waals surface area contributed by atoms with Crippen molar-refractivity contribution in [2.45, 2.75) is 44.6 Å². The molecule has 1 fully saturated rings. The van der Waals surface area contributed by atoms with Crippen LogP contribution in [0.15, 0.2) is 34.7 Å². The number of hydrogen-bond acceptors (Lipinski definition) is 4. The Bertz CT molecular complexity index is 611. The van der Waals surface area contributed by atoms with Gasteiger partial charge in [-0.2, -0.15) is 4.40 Å². The van der Waals surface area contributed by atoms with Gasteiger partial charge < -0.3 is 14.8 Å². The Morgan fingerprint density at radius 3 is 2.75 bits per heavy atom. The molecular weight excluding hydrogens is 328 g/mol. The van der Waals surface area contributed by atoms with Crippen LogP contribution in [0.4, 0.5) is 4.79 Å². The lowest BCUT2D eigenvalue weighted by atomic mass is 10.1. The second-order valence-corrected chi connectivity index (χ2v) is 8.43. The largest absolute Gasteiger partial charge is 0.445 e. The highest BCUT2D eigenvalue weighted by Gasteiger charge is 2.27. The minimum absolute atomic E-state index is 0.195. The molecule has 1 aromatic carbocycles. The molecule has 1 N–H and O–H groups in total. The fourth-order valence-electron chi connectivity index (χ4n) is 2.03. The number of rotatable bonds is 4. The standard InChI is InChI=1S/C17H24N2O4S/c1-17(2,3)24(21)19-14-9-10-22-12-15(14)18-16(20)23-11-13-7-5-4-6-8-13/h4-8,15H,9-12H2,1-3H3,(H,18,20)/b19-14+/t15-,24+/m0/s1. The van der Waals surface area contributed by atoms with Crippen molar-refractivity contribution < 1.29 is 18.5 Å². The average molecular weight is 352 g/mol. The number of carbonyl (C=O) groups excluding carboxylic acids is 1. The van der Waals surface area contributed by atoms with Crippen molar-refractivity contribution in [3.05, 3.63) is 35.9 Å². The van der Waals surface area contributed by atoms with Gasteiger partial charge in [-0.05, 0) is 26.3 Å². The Kier molecular flexibility index (Phi) is 6.51. The third kappa shape index (κ3) is 5.72. The lowest BCUT2D eigenvalue weighted by Gasteiger charge is -2.26. The summed E-state index contributed by atoms with van der Waals surface area (Å²) < 4.78 is 26.7. The van der Waals surface area contributed by atoms with Crippen LogP contribution in [0, 0.1) is 0 Å². The first-order valence-corrected chi connectivity index (χ1v) is 9.01. The third-order valence-corrected chi connectivity index (χ3v) is 4.87. The van der Waals surface area contributed by atoms with E-state index in [0.29, 0.717) is 25.3 Å². The number of ether oxygens (including phenoxy) is 2. The number of hydrogen-bond donors (Lipinski definition) is 1. The van der Waals surface area contributed by atoms with Gasteiger partial charge in [0.2, 0.25) is 0 Å². The van der Waals surface area contributed by atoms with Crippen LogP contribution in [0.3, 0.4) is 0 Å². The molecule has 1 amide bonds. The van der Waals surface area contributed by atoms with Crippen molar-refractivity contribution in [1.29, 1.82) is 0 Å². The van der Waals surface area contributed by atoms with E-state index in [1.165, 1.54) is 0 Å². The van der Waals surface area contributed by atoms with Gasteiger partial charge in [-0.15, -0.1) is 0 Å². The summed E-state index contributed by atoms with van der Waals surface area (Å²) in [4.78, 5) is 12.0. The smallest absolute Gasteiger partial charge is 0.408 e. The van der Waals surface area contributed by atoms with E-state index in [0.717, 1.165) is 5.56 Å². The van der Waals surface area contributed by atoms with Crippen LogP contribution in [0.25, 0.3) is 0 Å². The molecule has 7 heteroatoms. The number of carbonyl (C=O) groups is 1. The van der Waals surface area contributed by atoms with E-state index in [9.17, 15) is 9.00 Å². The molecule has 2 atom stereocenters. The monoisotopic (exact) mass is 352 g/mol. The Morgan fingerprint density at radius 1 is 1.38 bits per heavy atom. The zero-order chi connectivity index (χ0) is 17.6. The quantitative estimate of drug-likeness (QED) is 0.904. The van der Waals surface area contributed by atoms with Crippen LogP contribution in [-0.2, 0) is 27.1 Å². The van der Waals surface area contributed by atoms with Crippen molar-refractivity contribution in [2.75, 3.05) is 13.2 Å². The fourth-order valence-corrected chi connectivity index (χ4v) is 2.74. The van der Waals surface area contributed by atoms with Crippen molar-refractivity contribution in [1.82, 2.24) is 5.32 Å². The Hall–Kier alpha value is -1.73. The van der Waals surface area contributed by atoms with Crippen molar-refractivity contribution in [3.8, 4) is 0 Å². The number of benzene rings is 1. The molecule has 0 saturated carbocycles. The van der Waals surface area contributed by atoms with Crippen LogP contribution in [-0.4, -0.2) is 40.0 Å². The van der Waals surface area contributed by atoms with E-state index in [2.05, 4.69) is 9.71 Å². The maximum atomic E-state index is 12.2. The number of alkyl carbamates (subject to hydrolysis) is 1. The van der Waals surface area contributed by atoms with Gasteiger partial charge in [-0.1, -0.05) is 30.3 Å². The molecule has 1 aliphatic heterocycles. The number of nitrogens with one attached hydrogen (secondary N) is 1. The van der Waals surface area contributed by atoms with E-state index in [1.54, 1.807) is 0 Å². The molecule has 24 heavy (non-hydrogen) atoms. The third-order valence-electron chi connectivity index (χ3n) is 3.42. The lowest BCUT2D eigenvalue weighted by molar-refractivity contribution is 0.102. The summed E-state index contributed by atoms with van der Waals surface area (Å²) in [6, 6.07) is 9.04. The van der Waals surface area contributed by atoms with Gasteiger partial charge in [0.15, 0.2) is 0 Å². The molecule has 0 aromatic heterocycles. The lowest BCUT2D eigenvalue weighted by Crippen LogP contribution is -2.47. The van der Waals surface area contributed by atoms with Crippen LogP contribution in [0.5, 0.6) is 0 Å².